The highest BCUT2D eigenvalue weighted by Gasteiger charge is 2.19. The predicted octanol–water partition coefficient (Wildman–Crippen LogP) is 5.84. The monoisotopic (exact) mass is 315 g/mol. The summed E-state index contributed by atoms with van der Waals surface area (Å²) in [5, 5.41) is 0. The first-order valence-corrected chi connectivity index (χ1v) is 8.73. The van der Waals surface area contributed by atoms with Gasteiger partial charge >= 0.3 is 0 Å². The molecule has 0 radical (unpaired) electrons. The van der Waals surface area contributed by atoms with Crippen molar-refractivity contribution in [1.29, 1.82) is 0 Å². The minimum atomic E-state index is 0.423. The topological polar surface area (TPSA) is 3.24 Å². The zero-order chi connectivity index (χ0) is 16.6. The van der Waals surface area contributed by atoms with Crippen LogP contribution in [0.5, 0.6) is 0 Å². The fourth-order valence-electron chi connectivity index (χ4n) is 3.29. The molecule has 0 N–H and O–H groups in total. The molecule has 1 heteroatoms. The SMILES string of the molecule is CC[C@@H](c1ccccc1)N(Cc1ccccc1)Cc1ccccc1. The molecule has 0 aliphatic heterocycles. The highest BCUT2D eigenvalue weighted by Crippen LogP contribution is 2.27. The Bertz CT molecular complexity index is 665. The van der Waals surface area contributed by atoms with Crippen LogP contribution >= 0.6 is 0 Å². The maximum absolute atomic E-state index is 2.58. The molecule has 0 aromatic heterocycles. The molecule has 0 amide bonds. The molecule has 0 saturated carbocycles. The van der Waals surface area contributed by atoms with Crippen LogP contribution in [-0.2, 0) is 13.1 Å². The van der Waals surface area contributed by atoms with Gasteiger partial charge in [0.2, 0.25) is 0 Å². The highest BCUT2D eigenvalue weighted by molar-refractivity contribution is 5.22. The molecule has 3 aromatic rings. The summed E-state index contributed by atoms with van der Waals surface area (Å²) in [6.45, 7) is 4.20. The van der Waals surface area contributed by atoms with Crippen molar-refractivity contribution >= 4 is 0 Å². The normalized spacial score (nSPS) is 12.2. The van der Waals surface area contributed by atoms with Gasteiger partial charge in [0, 0.05) is 19.1 Å². The average Bonchev–Trinajstić information content (AvgIpc) is 2.65. The second-order valence-corrected chi connectivity index (χ2v) is 6.21. The van der Waals surface area contributed by atoms with E-state index in [9.17, 15) is 0 Å². The third kappa shape index (κ3) is 4.33. The van der Waals surface area contributed by atoms with E-state index < -0.39 is 0 Å². The molecule has 24 heavy (non-hydrogen) atoms. The first-order valence-electron chi connectivity index (χ1n) is 8.73. The van der Waals surface area contributed by atoms with Crippen molar-refractivity contribution in [1.82, 2.24) is 4.90 Å². The van der Waals surface area contributed by atoms with Gasteiger partial charge < -0.3 is 0 Å². The quantitative estimate of drug-likeness (QED) is 0.529. The van der Waals surface area contributed by atoms with E-state index in [0.29, 0.717) is 6.04 Å². The minimum absolute atomic E-state index is 0.423. The molecule has 0 unspecified atom stereocenters. The van der Waals surface area contributed by atoms with Crippen molar-refractivity contribution in [3.63, 3.8) is 0 Å². The molecule has 0 fully saturated rings. The minimum Gasteiger partial charge on any atom is -0.288 e. The van der Waals surface area contributed by atoms with Crippen LogP contribution in [0.15, 0.2) is 91.0 Å². The van der Waals surface area contributed by atoms with Crippen molar-refractivity contribution in [2.24, 2.45) is 0 Å². The van der Waals surface area contributed by atoms with E-state index in [2.05, 4.69) is 103 Å². The number of rotatable bonds is 7. The Balaban J connectivity index is 1.88. The van der Waals surface area contributed by atoms with Gasteiger partial charge in [0.25, 0.3) is 0 Å². The summed E-state index contributed by atoms with van der Waals surface area (Å²) in [6.07, 6.45) is 1.10. The molecule has 0 spiro atoms. The Morgan fingerprint density at radius 3 is 1.46 bits per heavy atom. The number of hydrogen-bond acceptors (Lipinski definition) is 1. The van der Waals surface area contributed by atoms with Gasteiger partial charge in [-0.15, -0.1) is 0 Å². The fraction of sp³-hybridized carbons (Fsp3) is 0.217. The van der Waals surface area contributed by atoms with Crippen LogP contribution in [-0.4, -0.2) is 4.90 Å². The lowest BCUT2D eigenvalue weighted by atomic mass is 10.0. The van der Waals surface area contributed by atoms with Crippen LogP contribution in [0.4, 0.5) is 0 Å². The van der Waals surface area contributed by atoms with Crippen molar-refractivity contribution in [2.75, 3.05) is 0 Å². The van der Waals surface area contributed by atoms with Gasteiger partial charge in [-0.05, 0) is 23.1 Å². The van der Waals surface area contributed by atoms with Gasteiger partial charge in [0.05, 0.1) is 0 Å². The van der Waals surface area contributed by atoms with Gasteiger partial charge in [-0.3, -0.25) is 4.90 Å². The summed E-state index contributed by atoms with van der Waals surface area (Å²) >= 11 is 0. The second kappa shape index (κ2) is 8.47. The van der Waals surface area contributed by atoms with Crippen LogP contribution in [0.25, 0.3) is 0 Å². The molecule has 0 aliphatic rings. The van der Waals surface area contributed by atoms with Gasteiger partial charge in [-0.2, -0.15) is 0 Å². The Labute approximate surface area is 145 Å². The van der Waals surface area contributed by atoms with Crippen molar-refractivity contribution in [2.45, 2.75) is 32.5 Å². The van der Waals surface area contributed by atoms with Crippen LogP contribution in [0, 0.1) is 0 Å². The molecule has 0 heterocycles. The average molecular weight is 315 g/mol. The van der Waals surface area contributed by atoms with Crippen LogP contribution in [0.3, 0.4) is 0 Å². The van der Waals surface area contributed by atoms with Crippen LogP contribution in [0.2, 0.25) is 0 Å². The molecular formula is C23H25N. The van der Waals surface area contributed by atoms with E-state index in [-0.39, 0.29) is 0 Å². The molecule has 1 atom stereocenters. The molecular weight excluding hydrogens is 290 g/mol. The number of hydrogen-bond donors (Lipinski definition) is 0. The summed E-state index contributed by atoms with van der Waals surface area (Å²) in [5.41, 5.74) is 4.12. The second-order valence-electron chi connectivity index (χ2n) is 6.21. The Morgan fingerprint density at radius 2 is 1.04 bits per heavy atom. The highest BCUT2D eigenvalue weighted by atomic mass is 15.2. The van der Waals surface area contributed by atoms with Gasteiger partial charge in [0.1, 0.15) is 0 Å². The smallest absolute Gasteiger partial charge is 0.0352 e. The third-order valence-electron chi connectivity index (χ3n) is 4.47. The first kappa shape index (κ1) is 16.5. The Kier molecular flexibility index (Phi) is 5.81. The molecule has 0 aliphatic carbocycles. The van der Waals surface area contributed by atoms with E-state index in [0.717, 1.165) is 19.5 Å². The van der Waals surface area contributed by atoms with E-state index in [1.54, 1.807) is 0 Å². The summed E-state index contributed by atoms with van der Waals surface area (Å²) in [7, 11) is 0. The van der Waals surface area contributed by atoms with E-state index in [1.807, 2.05) is 0 Å². The third-order valence-corrected chi connectivity index (χ3v) is 4.47. The molecule has 0 bridgehead atoms. The molecule has 122 valence electrons. The summed E-state index contributed by atoms with van der Waals surface area (Å²) < 4.78 is 0. The molecule has 3 aromatic carbocycles. The van der Waals surface area contributed by atoms with Gasteiger partial charge in [-0.1, -0.05) is 97.9 Å². The maximum atomic E-state index is 2.58. The lowest BCUT2D eigenvalue weighted by molar-refractivity contribution is 0.174. The van der Waals surface area contributed by atoms with Gasteiger partial charge in [-0.25, -0.2) is 0 Å². The largest absolute Gasteiger partial charge is 0.288 e. The zero-order valence-corrected chi connectivity index (χ0v) is 14.3. The Hall–Kier alpha value is -2.38. The van der Waals surface area contributed by atoms with Crippen molar-refractivity contribution in [3.05, 3.63) is 108 Å². The van der Waals surface area contributed by atoms with Gasteiger partial charge in [0.15, 0.2) is 0 Å². The Morgan fingerprint density at radius 1 is 0.625 bits per heavy atom. The molecule has 0 saturated heterocycles. The van der Waals surface area contributed by atoms with Crippen molar-refractivity contribution in [3.8, 4) is 0 Å². The standard InChI is InChI=1S/C23H25N/c1-2-23(22-16-10-5-11-17-22)24(18-20-12-6-3-7-13-20)19-21-14-8-4-9-15-21/h3-17,23H,2,18-19H2,1H3/t23-/m0/s1. The van der Waals surface area contributed by atoms with Crippen LogP contribution in [0.1, 0.15) is 36.1 Å². The summed E-state index contributed by atoms with van der Waals surface area (Å²) in [4.78, 5) is 2.58. The molecule has 1 nitrogen and oxygen atoms in total. The fourth-order valence-corrected chi connectivity index (χ4v) is 3.29. The summed E-state index contributed by atoms with van der Waals surface area (Å²) in [5.74, 6) is 0. The predicted molar refractivity (Wildman–Crippen MR) is 102 cm³/mol. The van der Waals surface area contributed by atoms with Crippen molar-refractivity contribution < 1.29 is 0 Å². The maximum Gasteiger partial charge on any atom is 0.0352 e. The van der Waals surface area contributed by atoms with E-state index in [1.165, 1.54) is 16.7 Å². The van der Waals surface area contributed by atoms with Crippen LogP contribution < -0.4 is 0 Å². The first-order chi connectivity index (χ1) is 11.9. The van der Waals surface area contributed by atoms with E-state index >= 15 is 0 Å². The number of benzene rings is 3. The zero-order valence-electron chi connectivity index (χ0n) is 14.3. The number of nitrogens with zero attached hydrogens (tertiary/aromatic N) is 1. The summed E-state index contributed by atoms with van der Waals surface area (Å²) in [6, 6.07) is 32.8. The van der Waals surface area contributed by atoms with E-state index in [4.69, 9.17) is 0 Å². The lowest BCUT2D eigenvalue weighted by Crippen LogP contribution is -2.27. The lowest BCUT2D eigenvalue weighted by Gasteiger charge is -2.32. The molecule has 3 rings (SSSR count).